The summed E-state index contributed by atoms with van der Waals surface area (Å²) < 4.78 is 15.3. The lowest BCUT2D eigenvalue weighted by atomic mass is 10.2. The van der Waals surface area contributed by atoms with Crippen LogP contribution in [0.4, 0.5) is 10.5 Å². The summed E-state index contributed by atoms with van der Waals surface area (Å²) in [6, 6.07) is 13.3. The van der Waals surface area contributed by atoms with Crippen molar-refractivity contribution in [1.82, 2.24) is 10.6 Å². The summed E-state index contributed by atoms with van der Waals surface area (Å²) in [6.07, 6.45) is -0.490. The number of anilines is 1. The molecule has 0 atom stereocenters. The zero-order valence-corrected chi connectivity index (χ0v) is 16.0. The largest absolute Gasteiger partial charge is 0.454 e. The van der Waals surface area contributed by atoms with Crippen molar-refractivity contribution in [2.75, 3.05) is 25.8 Å². The van der Waals surface area contributed by atoms with Crippen molar-refractivity contribution in [3.8, 4) is 11.5 Å². The maximum atomic E-state index is 11.2. The molecule has 0 saturated heterocycles. The minimum absolute atomic E-state index is 0.264. The Morgan fingerprint density at radius 3 is 2.57 bits per heavy atom. The molecule has 1 aliphatic rings. The predicted molar refractivity (Wildman–Crippen MR) is 107 cm³/mol. The molecule has 28 heavy (non-hydrogen) atoms. The summed E-state index contributed by atoms with van der Waals surface area (Å²) in [6.45, 7) is 4.17. The fraction of sp³-hybridized carbons (Fsp3) is 0.300. The molecule has 1 aliphatic heterocycles. The number of carbonyl (C=O) groups excluding carboxylic acids is 1. The number of nitrogens with one attached hydrogen (secondary N) is 3. The van der Waals surface area contributed by atoms with Crippen molar-refractivity contribution in [1.29, 1.82) is 0 Å². The topological polar surface area (TPSA) is 93.2 Å². The van der Waals surface area contributed by atoms with Gasteiger partial charge in [-0.15, -0.1) is 0 Å². The molecule has 1 heterocycles. The fourth-order valence-corrected chi connectivity index (χ4v) is 2.61. The van der Waals surface area contributed by atoms with Gasteiger partial charge in [-0.1, -0.05) is 18.2 Å². The monoisotopic (exact) mass is 384 g/mol. The number of benzene rings is 2. The van der Waals surface area contributed by atoms with E-state index in [1.54, 1.807) is 0 Å². The summed E-state index contributed by atoms with van der Waals surface area (Å²) in [5.41, 5.74) is 2.78. The maximum Gasteiger partial charge on any atom is 0.411 e. The van der Waals surface area contributed by atoms with Crippen molar-refractivity contribution < 1.29 is 19.0 Å². The van der Waals surface area contributed by atoms with Gasteiger partial charge in [0, 0.05) is 18.8 Å². The van der Waals surface area contributed by atoms with Crippen LogP contribution in [-0.4, -0.2) is 32.5 Å². The van der Waals surface area contributed by atoms with Crippen LogP contribution in [0.25, 0.3) is 0 Å². The quantitative estimate of drug-likeness (QED) is 0.524. The number of hydrogen-bond acceptors (Lipinski definition) is 5. The Kier molecular flexibility index (Phi) is 6.56. The summed E-state index contributed by atoms with van der Waals surface area (Å²) in [7, 11) is 1.33. The Labute approximate surface area is 163 Å². The normalized spacial score (nSPS) is 12.4. The van der Waals surface area contributed by atoms with Gasteiger partial charge >= 0.3 is 6.09 Å². The average Bonchev–Trinajstić information content (AvgIpc) is 3.19. The summed E-state index contributed by atoms with van der Waals surface area (Å²) >= 11 is 0. The SMILES string of the molecule is CCNC(=NCc1ccc2c(c1)OCO2)NCc1ccc(NC(=O)OC)cc1. The molecule has 3 rings (SSSR count). The van der Waals surface area contributed by atoms with Crippen LogP contribution in [0.15, 0.2) is 47.5 Å². The number of ether oxygens (including phenoxy) is 3. The van der Waals surface area contributed by atoms with Crippen molar-refractivity contribution in [2.45, 2.75) is 20.0 Å². The van der Waals surface area contributed by atoms with E-state index in [9.17, 15) is 4.79 Å². The Balaban J connectivity index is 1.56. The Hall–Kier alpha value is -3.42. The van der Waals surface area contributed by atoms with E-state index in [4.69, 9.17) is 9.47 Å². The summed E-state index contributed by atoms with van der Waals surface area (Å²) in [5, 5.41) is 9.16. The van der Waals surface area contributed by atoms with Crippen LogP contribution in [0.3, 0.4) is 0 Å². The molecule has 8 heteroatoms. The standard InChI is InChI=1S/C20H24N4O4/c1-3-21-19(23-12-15-6-9-17-18(10-15)28-13-27-17)22-11-14-4-7-16(8-5-14)24-20(25)26-2/h4-10H,3,11-13H2,1-2H3,(H,24,25)(H2,21,22,23). The molecule has 0 saturated carbocycles. The highest BCUT2D eigenvalue weighted by Gasteiger charge is 2.13. The summed E-state index contributed by atoms with van der Waals surface area (Å²) in [5.74, 6) is 2.24. The van der Waals surface area contributed by atoms with Gasteiger partial charge in [0.2, 0.25) is 6.79 Å². The second-order valence-electron chi connectivity index (χ2n) is 6.05. The Morgan fingerprint density at radius 1 is 1.07 bits per heavy atom. The third-order valence-corrected chi connectivity index (χ3v) is 4.05. The first kappa shape index (κ1) is 19.3. The van der Waals surface area contributed by atoms with Gasteiger partial charge < -0.3 is 24.8 Å². The minimum atomic E-state index is -0.490. The molecule has 0 aromatic heterocycles. The number of fused-ring (bicyclic) bond motifs is 1. The number of amides is 1. The highest BCUT2D eigenvalue weighted by atomic mass is 16.7. The van der Waals surface area contributed by atoms with Crippen molar-refractivity contribution >= 4 is 17.7 Å². The molecule has 8 nitrogen and oxygen atoms in total. The first-order valence-corrected chi connectivity index (χ1v) is 9.02. The van der Waals surface area contributed by atoms with Gasteiger partial charge in [-0.25, -0.2) is 9.79 Å². The molecular weight excluding hydrogens is 360 g/mol. The second-order valence-corrected chi connectivity index (χ2v) is 6.05. The van der Waals surface area contributed by atoms with E-state index >= 15 is 0 Å². The van der Waals surface area contributed by atoms with Crippen molar-refractivity contribution in [3.05, 3.63) is 53.6 Å². The van der Waals surface area contributed by atoms with E-state index in [1.807, 2.05) is 49.4 Å². The van der Waals surface area contributed by atoms with E-state index in [-0.39, 0.29) is 6.79 Å². The molecule has 1 amide bonds. The Bertz CT molecular complexity index is 837. The maximum absolute atomic E-state index is 11.2. The van der Waals surface area contributed by atoms with E-state index in [0.29, 0.717) is 18.8 Å². The molecular formula is C20H24N4O4. The van der Waals surface area contributed by atoms with Gasteiger partial charge in [-0.3, -0.25) is 5.32 Å². The molecule has 0 fully saturated rings. The van der Waals surface area contributed by atoms with E-state index < -0.39 is 6.09 Å². The number of nitrogens with zero attached hydrogens (tertiary/aromatic N) is 1. The van der Waals surface area contributed by atoms with Gasteiger partial charge in [0.1, 0.15) is 0 Å². The molecule has 0 bridgehead atoms. The highest BCUT2D eigenvalue weighted by Crippen LogP contribution is 2.32. The number of guanidine groups is 1. The van der Waals surface area contributed by atoms with Crippen LogP contribution in [0.1, 0.15) is 18.1 Å². The van der Waals surface area contributed by atoms with Crippen LogP contribution in [-0.2, 0) is 17.8 Å². The number of carbonyl (C=O) groups is 1. The average molecular weight is 384 g/mol. The van der Waals surface area contributed by atoms with Gasteiger partial charge in [0.05, 0.1) is 13.7 Å². The van der Waals surface area contributed by atoms with Crippen molar-refractivity contribution in [2.24, 2.45) is 4.99 Å². The third kappa shape index (κ3) is 5.29. The summed E-state index contributed by atoms with van der Waals surface area (Å²) in [4.78, 5) is 15.8. The number of aliphatic imine (C=N–C) groups is 1. The number of hydrogen-bond donors (Lipinski definition) is 3. The number of rotatable bonds is 6. The minimum Gasteiger partial charge on any atom is -0.454 e. The molecule has 2 aromatic carbocycles. The molecule has 3 N–H and O–H groups in total. The zero-order chi connectivity index (χ0) is 19.8. The molecule has 148 valence electrons. The van der Waals surface area contributed by atoms with Crippen LogP contribution in [0.2, 0.25) is 0 Å². The molecule has 0 aliphatic carbocycles. The van der Waals surface area contributed by atoms with Crippen LogP contribution >= 0.6 is 0 Å². The highest BCUT2D eigenvalue weighted by molar-refractivity contribution is 5.84. The van der Waals surface area contributed by atoms with Crippen LogP contribution < -0.4 is 25.4 Å². The van der Waals surface area contributed by atoms with Crippen LogP contribution in [0.5, 0.6) is 11.5 Å². The molecule has 2 aromatic rings. The number of methoxy groups -OCH3 is 1. The lowest BCUT2D eigenvalue weighted by molar-refractivity contribution is 0.174. The second kappa shape index (κ2) is 9.50. The van der Waals surface area contributed by atoms with Gasteiger partial charge in [-0.2, -0.15) is 0 Å². The molecule has 0 spiro atoms. The Morgan fingerprint density at radius 2 is 1.82 bits per heavy atom. The van der Waals surface area contributed by atoms with E-state index in [0.717, 1.165) is 35.1 Å². The first-order chi connectivity index (χ1) is 13.7. The van der Waals surface area contributed by atoms with E-state index in [2.05, 4.69) is 25.7 Å². The van der Waals surface area contributed by atoms with Gasteiger partial charge in [0.25, 0.3) is 0 Å². The van der Waals surface area contributed by atoms with Gasteiger partial charge in [0.15, 0.2) is 17.5 Å². The fourth-order valence-electron chi connectivity index (χ4n) is 2.61. The lowest BCUT2D eigenvalue weighted by Crippen LogP contribution is -2.36. The van der Waals surface area contributed by atoms with E-state index in [1.165, 1.54) is 7.11 Å². The zero-order valence-electron chi connectivity index (χ0n) is 16.0. The van der Waals surface area contributed by atoms with Crippen LogP contribution in [0, 0.1) is 0 Å². The molecule has 0 unspecified atom stereocenters. The smallest absolute Gasteiger partial charge is 0.411 e. The first-order valence-electron chi connectivity index (χ1n) is 9.02. The van der Waals surface area contributed by atoms with Crippen molar-refractivity contribution in [3.63, 3.8) is 0 Å². The lowest BCUT2D eigenvalue weighted by Gasteiger charge is -2.12. The third-order valence-electron chi connectivity index (χ3n) is 4.05. The van der Waals surface area contributed by atoms with Gasteiger partial charge in [-0.05, 0) is 42.3 Å². The molecule has 0 radical (unpaired) electrons. The predicted octanol–water partition coefficient (Wildman–Crippen LogP) is 2.85.